The second-order valence-corrected chi connectivity index (χ2v) is 5.05. The highest BCUT2D eigenvalue weighted by Gasteiger charge is 2.30. The average molecular weight is 301 g/mol. The van der Waals surface area contributed by atoms with E-state index in [9.17, 15) is 18.8 Å². The summed E-state index contributed by atoms with van der Waals surface area (Å²) in [6.07, 6.45) is 1.49. The lowest BCUT2D eigenvalue weighted by Gasteiger charge is -2.15. The fourth-order valence-corrected chi connectivity index (χ4v) is 2.53. The number of nitrogens with zero attached hydrogens (tertiary/aromatic N) is 1. The number of aromatic nitrogens is 1. The van der Waals surface area contributed by atoms with Crippen molar-refractivity contribution in [1.82, 2.24) is 9.88 Å². The Morgan fingerprint density at radius 3 is 2.73 bits per heavy atom. The number of aromatic amines is 1. The lowest BCUT2D eigenvalue weighted by molar-refractivity contribution is 0.0765. The summed E-state index contributed by atoms with van der Waals surface area (Å²) in [4.78, 5) is 38.8. The van der Waals surface area contributed by atoms with Gasteiger partial charge in [-0.25, -0.2) is 4.39 Å². The Bertz CT molecular complexity index is 844. The molecule has 0 bridgehead atoms. The molecule has 112 valence electrons. The zero-order valence-electron chi connectivity index (χ0n) is 11.4. The van der Waals surface area contributed by atoms with Crippen molar-refractivity contribution in [2.45, 2.75) is 13.1 Å². The first kappa shape index (κ1) is 14.0. The minimum Gasteiger partial charge on any atom is -0.366 e. The summed E-state index contributed by atoms with van der Waals surface area (Å²) in [5.41, 5.74) is 5.69. The van der Waals surface area contributed by atoms with Gasteiger partial charge in [0.1, 0.15) is 11.4 Å². The Labute approximate surface area is 124 Å². The van der Waals surface area contributed by atoms with E-state index in [0.29, 0.717) is 11.1 Å². The van der Waals surface area contributed by atoms with Crippen LogP contribution in [0.2, 0.25) is 0 Å². The van der Waals surface area contributed by atoms with E-state index in [1.807, 2.05) is 0 Å². The average Bonchev–Trinajstić information content (AvgIpc) is 2.76. The fourth-order valence-electron chi connectivity index (χ4n) is 2.53. The third kappa shape index (κ3) is 2.26. The third-order valence-corrected chi connectivity index (χ3v) is 3.58. The number of primary amides is 1. The lowest BCUT2D eigenvalue weighted by Crippen LogP contribution is -2.26. The maximum absolute atomic E-state index is 13.7. The number of nitrogens with one attached hydrogen (secondary N) is 1. The molecule has 2 aromatic rings. The van der Waals surface area contributed by atoms with Gasteiger partial charge in [0.2, 0.25) is 0 Å². The zero-order chi connectivity index (χ0) is 15.9. The molecule has 1 aliphatic rings. The van der Waals surface area contributed by atoms with Gasteiger partial charge in [0, 0.05) is 19.3 Å². The number of carbonyl (C=O) groups excluding carboxylic acids is 2. The van der Waals surface area contributed by atoms with Crippen LogP contribution in [0.25, 0.3) is 0 Å². The van der Waals surface area contributed by atoms with Gasteiger partial charge < -0.3 is 15.6 Å². The third-order valence-electron chi connectivity index (χ3n) is 3.58. The molecule has 6 nitrogen and oxygen atoms in total. The van der Waals surface area contributed by atoms with Crippen molar-refractivity contribution >= 4 is 11.8 Å². The molecule has 0 aliphatic carbocycles. The van der Waals surface area contributed by atoms with Gasteiger partial charge in [-0.3, -0.25) is 14.4 Å². The van der Waals surface area contributed by atoms with Crippen molar-refractivity contribution < 1.29 is 14.0 Å². The number of hydrogen-bond donors (Lipinski definition) is 2. The van der Waals surface area contributed by atoms with Crippen LogP contribution in [0.4, 0.5) is 4.39 Å². The minimum atomic E-state index is -0.847. The number of amides is 2. The topological polar surface area (TPSA) is 96.3 Å². The number of fused-ring (bicyclic) bond motifs is 1. The van der Waals surface area contributed by atoms with Crippen molar-refractivity contribution in [3.8, 4) is 0 Å². The molecule has 2 amide bonds. The Kier molecular flexibility index (Phi) is 3.25. The van der Waals surface area contributed by atoms with Gasteiger partial charge >= 0.3 is 0 Å². The van der Waals surface area contributed by atoms with Crippen LogP contribution < -0.4 is 11.3 Å². The number of benzene rings is 1. The van der Waals surface area contributed by atoms with Gasteiger partial charge in [0.05, 0.1) is 5.56 Å². The SMILES string of the molecule is NC(=O)c1ccc(CN2Cc3cc[nH]c(=O)c3C2=O)cc1F. The maximum atomic E-state index is 13.7. The number of nitrogens with two attached hydrogens (primary N) is 1. The molecule has 2 heterocycles. The second kappa shape index (κ2) is 5.10. The molecule has 0 radical (unpaired) electrons. The predicted molar refractivity (Wildman–Crippen MR) is 75.6 cm³/mol. The van der Waals surface area contributed by atoms with Crippen molar-refractivity contribution in [3.63, 3.8) is 0 Å². The van der Waals surface area contributed by atoms with Gasteiger partial charge in [0.15, 0.2) is 0 Å². The van der Waals surface area contributed by atoms with Gasteiger partial charge in [-0.15, -0.1) is 0 Å². The normalized spacial score (nSPS) is 13.3. The molecular weight excluding hydrogens is 289 g/mol. The highest BCUT2D eigenvalue weighted by Crippen LogP contribution is 2.22. The smallest absolute Gasteiger partial charge is 0.261 e. The van der Waals surface area contributed by atoms with Gasteiger partial charge in [-0.1, -0.05) is 6.07 Å². The molecule has 0 saturated carbocycles. The summed E-state index contributed by atoms with van der Waals surface area (Å²) in [5.74, 6) is -1.97. The predicted octanol–water partition coefficient (Wildman–Crippen LogP) is 0.769. The molecule has 0 saturated heterocycles. The van der Waals surface area contributed by atoms with Crippen LogP contribution in [0.15, 0.2) is 35.3 Å². The summed E-state index contributed by atoms with van der Waals surface area (Å²) in [5, 5.41) is 0. The molecule has 3 N–H and O–H groups in total. The van der Waals surface area contributed by atoms with Crippen LogP contribution in [0.3, 0.4) is 0 Å². The van der Waals surface area contributed by atoms with Crippen LogP contribution in [0, 0.1) is 5.82 Å². The molecule has 22 heavy (non-hydrogen) atoms. The van der Waals surface area contributed by atoms with E-state index < -0.39 is 23.2 Å². The van der Waals surface area contributed by atoms with E-state index in [1.165, 1.54) is 29.3 Å². The molecule has 0 fully saturated rings. The number of hydrogen-bond acceptors (Lipinski definition) is 3. The summed E-state index contributed by atoms with van der Waals surface area (Å²) in [7, 11) is 0. The fraction of sp³-hybridized carbons (Fsp3) is 0.133. The number of H-pyrrole nitrogens is 1. The van der Waals surface area contributed by atoms with E-state index in [-0.39, 0.29) is 24.2 Å². The van der Waals surface area contributed by atoms with E-state index in [1.54, 1.807) is 6.07 Å². The standard InChI is InChI=1S/C15H12FN3O3/c16-11-5-8(1-2-10(11)13(17)20)6-19-7-9-3-4-18-14(21)12(9)15(19)22/h1-5H,6-7H2,(H2,17,20)(H,18,21). The Morgan fingerprint density at radius 1 is 1.32 bits per heavy atom. The monoisotopic (exact) mass is 301 g/mol. The van der Waals surface area contributed by atoms with Crippen molar-refractivity contribution in [1.29, 1.82) is 0 Å². The van der Waals surface area contributed by atoms with Gasteiger partial charge in [0.25, 0.3) is 17.4 Å². The highest BCUT2D eigenvalue weighted by molar-refractivity contribution is 5.98. The molecule has 1 aromatic carbocycles. The highest BCUT2D eigenvalue weighted by atomic mass is 19.1. The molecule has 0 spiro atoms. The van der Waals surface area contributed by atoms with Crippen LogP contribution in [-0.4, -0.2) is 21.7 Å². The minimum absolute atomic E-state index is 0.122. The maximum Gasteiger partial charge on any atom is 0.261 e. The zero-order valence-corrected chi connectivity index (χ0v) is 11.4. The molecule has 0 atom stereocenters. The van der Waals surface area contributed by atoms with E-state index in [2.05, 4.69) is 4.98 Å². The van der Waals surface area contributed by atoms with Gasteiger partial charge in [-0.05, 0) is 29.3 Å². The number of halogens is 1. The van der Waals surface area contributed by atoms with Gasteiger partial charge in [-0.2, -0.15) is 0 Å². The van der Waals surface area contributed by atoms with Crippen LogP contribution in [0.1, 0.15) is 31.8 Å². The van der Waals surface area contributed by atoms with Crippen molar-refractivity contribution in [2.24, 2.45) is 5.73 Å². The summed E-state index contributed by atoms with van der Waals surface area (Å²) in [6.45, 7) is 0.431. The molecule has 0 unspecified atom stereocenters. The van der Waals surface area contributed by atoms with E-state index in [0.717, 1.165) is 0 Å². The number of carbonyl (C=O) groups is 2. The number of pyridine rings is 1. The van der Waals surface area contributed by atoms with Crippen LogP contribution in [0.5, 0.6) is 0 Å². The summed E-state index contributed by atoms with van der Waals surface area (Å²) in [6, 6.07) is 5.66. The number of rotatable bonds is 3. The Balaban J connectivity index is 1.86. The molecule has 1 aliphatic heterocycles. The molecule has 3 rings (SSSR count). The summed E-state index contributed by atoms with van der Waals surface area (Å²) < 4.78 is 13.7. The molecule has 1 aromatic heterocycles. The first-order valence-electron chi connectivity index (χ1n) is 6.55. The van der Waals surface area contributed by atoms with E-state index in [4.69, 9.17) is 5.73 Å². The quantitative estimate of drug-likeness (QED) is 0.876. The van der Waals surface area contributed by atoms with Crippen molar-refractivity contribution in [3.05, 3.63) is 68.9 Å². The van der Waals surface area contributed by atoms with Crippen LogP contribution in [-0.2, 0) is 13.1 Å². The van der Waals surface area contributed by atoms with Crippen LogP contribution >= 0.6 is 0 Å². The Hall–Kier alpha value is -2.96. The largest absolute Gasteiger partial charge is 0.366 e. The lowest BCUT2D eigenvalue weighted by atomic mass is 10.1. The van der Waals surface area contributed by atoms with E-state index >= 15 is 0 Å². The molecule has 7 heteroatoms. The summed E-state index contributed by atoms with van der Waals surface area (Å²) >= 11 is 0. The molecular formula is C15H12FN3O3. The first-order valence-corrected chi connectivity index (χ1v) is 6.55. The van der Waals surface area contributed by atoms with Crippen molar-refractivity contribution in [2.75, 3.05) is 0 Å². The second-order valence-electron chi connectivity index (χ2n) is 5.05. The Morgan fingerprint density at radius 2 is 2.09 bits per heavy atom. The first-order chi connectivity index (χ1) is 10.5.